The molecule has 0 spiro atoms. The van der Waals surface area contributed by atoms with Crippen LogP contribution in [-0.2, 0) is 30.4 Å². The fourth-order valence-electron chi connectivity index (χ4n) is 2.88. The number of hydrogen-bond acceptors (Lipinski definition) is 6. The minimum atomic E-state index is -0.814. The summed E-state index contributed by atoms with van der Waals surface area (Å²) in [4.78, 5) is 36.0. The van der Waals surface area contributed by atoms with E-state index in [0.717, 1.165) is 5.56 Å². The van der Waals surface area contributed by atoms with Crippen molar-refractivity contribution in [3.63, 3.8) is 0 Å². The quantitative estimate of drug-likeness (QED) is 0.657. The highest BCUT2D eigenvalue weighted by atomic mass is 16.7. The van der Waals surface area contributed by atoms with Crippen LogP contribution in [0.3, 0.4) is 0 Å². The van der Waals surface area contributed by atoms with E-state index in [1.165, 1.54) is 6.92 Å². The molecule has 0 radical (unpaired) electrons. The fourth-order valence-corrected chi connectivity index (χ4v) is 2.88. The molecule has 154 valence electrons. The van der Waals surface area contributed by atoms with E-state index in [9.17, 15) is 14.4 Å². The molecule has 1 aliphatic heterocycles. The van der Waals surface area contributed by atoms with Crippen LogP contribution in [0.15, 0.2) is 30.3 Å². The summed E-state index contributed by atoms with van der Waals surface area (Å²) in [6.07, 6.45) is -0.510. The van der Waals surface area contributed by atoms with Gasteiger partial charge in [0.15, 0.2) is 0 Å². The summed E-state index contributed by atoms with van der Waals surface area (Å²) in [7, 11) is 0. The lowest BCUT2D eigenvalue weighted by Gasteiger charge is -2.24. The average molecular weight is 392 g/mol. The minimum Gasteiger partial charge on any atom is -0.445 e. The first kappa shape index (κ1) is 21.7. The Morgan fingerprint density at radius 3 is 2.57 bits per heavy atom. The Morgan fingerprint density at radius 1 is 1.21 bits per heavy atom. The van der Waals surface area contributed by atoms with Crippen molar-refractivity contribution in [3.05, 3.63) is 35.9 Å². The summed E-state index contributed by atoms with van der Waals surface area (Å²) < 4.78 is 15.6. The molecule has 1 fully saturated rings. The number of carbonyl (C=O) groups excluding carboxylic acids is 3. The maximum Gasteiger partial charge on any atom is 0.408 e. The lowest BCUT2D eigenvalue weighted by Crippen LogP contribution is -2.52. The third kappa shape index (κ3) is 7.19. The number of benzene rings is 1. The van der Waals surface area contributed by atoms with Crippen LogP contribution in [0.2, 0.25) is 0 Å². The first-order valence-electron chi connectivity index (χ1n) is 9.41. The van der Waals surface area contributed by atoms with E-state index in [1.54, 1.807) is 0 Å². The van der Waals surface area contributed by atoms with Crippen LogP contribution in [0.5, 0.6) is 0 Å². The highest BCUT2D eigenvalue weighted by Gasteiger charge is 2.34. The maximum atomic E-state index is 12.7. The van der Waals surface area contributed by atoms with Crippen molar-refractivity contribution in [1.82, 2.24) is 10.6 Å². The number of esters is 1. The minimum absolute atomic E-state index is 0.119. The molecule has 1 heterocycles. The van der Waals surface area contributed by atoms with Gasteiger partial charge in [-0.15, -0.1) is 0 Å². The van der Waals surface area contributed by atoms with Crippen molar-refractivity contribution in [3.8, 4) is 0 Å². The number of rotatable bonds is 8. The number of alkyl carbamates (subject to hydrolysis) is 1. The number of carbonyl (C=O) groups is 3. The summed E-state index contributed by atoms with van der Waals surface area (Å²) in [5, 5.41) is 5.43. The topological polar surface area (TPSA) is 103 Å². The van der Waals surface area contributed by atoms with Gasteiger partial charge < -0.3 is 24.8 Å². The van der Waals surface area contributed by atoms with Crippen molar-refractivity contribution in [2.75, 3.05) is 6.61 Å². The fraction of sp³-hybridized carbons (Fsp3) is 0.550. The van der Waals surface area contributed by atoms with Crippen LogP contribution in [0.1, 0.15) is 39.2 Å². The van der Waals surface area contributed by atoms with Gasteiger partial charge in [0.1, 0.15) is 12.6 Å². The monoisotopic (exact) mass is 392 g/mol. The predicted octanol–water partition coefficient (Wildman–Crippen LogP) is 2.12. The molecule has 1 saturated heterocycles. The SMILES string of the molecule is CC(=O)OC1OCC[C@@H]1NC(=O)[C@H](CC(C)C)NC(=O)OCc1ccccc1. The molecule has 0 saturated carbocycles. The molecule has 2 N–H and O–H groups in total. The van der Waals surface area contributed by atoms with Crippen molar-refractivity contribution >= 4 is 18.0 Å². The molecule has 1 aromatic carbocycles. The molecule has 2 rings (SSSR count). The molecule has 0 bridgehead atoms. The zero-order valence-corrected chi connectivity index (χ0v) is 16.5. The molecule has 0 aliphatic carbocycles. The Kier molecular flexibility index (Phi) is 8.25. The highest BCUT2D eigenvalue weighted by Crippen LogP contribution is 2.16. The molecule has 0 aromatic heterocycles. The molecule has 8 heteroatoms. The van der Waals surface area contributed by atoms with Crippen LogP contribution in [0, 0.1) is 5.92 Å². The van der Waals surface area contributed by atoms with Gasteiger partial charge in [-0.25, -0.2) is 4.79 Å². The summed E-state index contributed by atoms with van der Waals surface area (Å²) in [6, 6.07) is 8.07. The number of hydrogen-bond donors (Lipinski definition) is 2. The molecule has 8 nitrogen and oxygen atoms in total. The van der Waals surface area contributed by atoms with Crippen LogP contribution in [-0.4, -0.2) is 43.0 Å². The molecular weight excluding hydrogens is 364 g/mol. The third-order valence-corrected chi connectivity index (χ3v) is 4.18. The Labute approximate surface area is 164 Å². The second kappa shape index (κ2) is 10.7. The summed E-state index contributed by atoms with van der Waals surface area (Å²) in [5.41, 5.74) is 0.856. The highest BCUT2D eigenvalue weighted by molar-refractivity contribution is 5.85. The van der Waals surface area contributed by atoms with Gasteiger partial charge in [0.2, 0.25) is 12.2 Å². The Bertz CT molecular complexity index is 664. The molecule has 3 atom stereocenters. The van der Waals surface area contributed by atoms with Crippen molar-refractivity contribution in [1.29, 1.82) is 0 Å². The van der Waals surface area contributed by atoms with Crippen molar-refractivity contribution in [2.45, 2.75) is 58.6 Å². The Hall–Kier alpha value is -2.61. The molecule has 2 amide bonds. The van der Waals surface area contributed by atoms with E-state index >= 15 is 0 Å². The summed E-state index contributed by atoms with van der Waals surface area (Å²) >= 11 is 0. The molecule has 1 aliphatic rings. The zero-order valence-electron chi connectivity index (χ0n) is 16.5. The molecular formula is C20H28N2O6. The summed E-state index contributed by atoms with van der Waals surface area (Å²) in [6.45, 7) is 5.69. The first-order chi connectivity index (χ1) is 13.3. The second-order valence-electron chi connectivity index (χ2n) is 7.14. The number of ether oxygens (including phenoxy) is 3. The van der Waals surface area contributed by atoms with Crippen LogP contribution in [0.4, 0.5) is 4.79 Å². The van der Waals surface area contributed by atoms with Crippen LogP contribution < -0.4 is 10.6 Å². The predicted molar refractivity (Wildman–Crippen MR) is 101 cm³/mol. The Morgan fingerprint density at radius 2 is 1.93 bits per heavy atom. The van der Waals surface area contributed by atoms with Gasteiger partial charge in [-0.1, -0.05) is 44.2 Å². The first-order valence-corrected chi connectivity index (χ1v) is 9.41. The largest absolute Gasteiger partial charge is 0.445 e. The lowest BCUT2D eigenvalue weighted by atomic mass is 10.0. The average Bonchev–Trinajstić information content (AvgIpc) is 3.06. The molecule has 1 unspecified atom stereocenters. The van der Waals surface area contributed by atoms with E-state index < -0.39 is 30.4 Å². The summed E-state index contributed by atoms with van der Waals surface area (Å²) in [5.74, 6) is -0.667. The zero-order chi connectivity index (χ0) is 20.5. The van der Waals surface area contributed by atoms with E-state index in [0.29, 0.717) is 19.4 Å². The van der Waals surface area contributed by atoms with E-state index in [4.69, 9.17) is 14.2 Å². The smallest absolute Gasteiger partial charge is 0.408 e. The number of amides is 2. The van der Waals surface area contributed by atoms with Crippen LogP contribution in [0.25, 0.3) is 0 Å². The van der Waals surface area contributed by atoms with Gasteiger partial charge in [0.25, 0.3) is 0 Å². The van der Waals surface area contributed by atoms with Crippen molar-refractivity contribution in [2.24, 2.45) is 5.92 Å². The van der Waals surface area contributed by atoms with E-state index in [2.05, 4.69) is 10.6 Å². The van der Waals surface area contributed by atoms with Gasteiger partial charge in [0, 0.05) is 6.92 Å². The molecule has 28 heavy (non-hydrogen) atoms. The van der Waals surface area contributed by atoms with E-state index in [1.807, 2.05) is 44.2 Å². The van der Waals surface area contributed by atoms with Gasteiger partial charge >= 0.3 is 12.1 Å². The normalized spacial score (nSPS) is 19.7. The molecule has 1 aromatic rings. The van der Waals surface area contributed by atoms with Gasteiger partial charge in [0.05, 0.1) is 12.6 Å². The number of nitrogens with one attached hydrogen (secondary N) is 2. The van der Waals surface area contributed by atoms with Crippen molar-refractivity contribution < 1.29 is 28.6 Å². The second-order valence-corrected chi connectivity index (χ2v) is 7.14. The Balaban J connectivity index is 1.91. The van der Waals surface area contributed by atoms with E-state index in [-0.39, 0.29) is 18.4 Å². The van der Waals surface area contributed by atoms with Gasteiger partial charge in [-0.2, -0.15) is 0 Å². The third-order valence-electron chi connectivity index (χ3n) is 4.18. The van der Waals surface area contributed by atoms with Crippen LogP contribution >= 0.6 is 0 Å². The standard InChI is InChI=1S/C20H28N2O6/c1-13(2)11-17(22-20(25)27-12-15-7-5-4-6-8-15)18(24)21-16-9-10-26-19(16)28-14(3)23/h4-8,13,16-17,19H,9-12H2,1-3H3,(H,21,24)(H,22,25)/t16-,17-,19?/m0/s1. The maximum absolute atomic E-state index is 12.7. The van der Waals surface area contributed by atoms with Gasteiger partial charge in [-0.05, 0) is 24.3 Å². The lowest BCUT2D eigenvalue weighted by molar-refractivity contribution is -0.170. The van der Waals surface area contributed by atoms with Gasteiger partial charge in [-0.3, -0.25) is 9.59 Å².